The fraction of sp³-hybridized carbons (Fsp3) is 0.310. The summed E-state index contributed by atoms with van der Waals surface area (Å²) in [5.41, 5.74) is 1.41. The molecule has 1 N–H and O–H groups in total. The van der Waals surface area contributed by atoms with Gasteiger partial charge in [-0.25, -0.2) is 8.42 Å². The number of carbonyl (C=O) groups is 2. The molecule has 0 aromatic heterocycles. The van der Waals surface area contributed by atoms with Gasteiger partial charge in [0.05, 0.1) is 10.6 Å². The van der Waals surface area contributed by atoms with Crippen LogP contribution in [0.3, 0.4) is 0 Å². The first-order valence-electron chi connectivity index (χ1n) is 12.6. The highest BCUT2D eigenvalue weighted by Gasteiger charge is 2.33. The molecule has 0 unspecified atom stereocenters. The lowest BCUT2D eigenvalue weighted by atomic mass is 10.1. The van der Waals surface area contributed by atoms with Gasteiger partial charge in [0, 0.05) is 13.1 Å². The highest BCUT2D eigenvalue weighted by molar-refractivity contribution is 7.92. The topological polar surface area (TPSA) is 86.8 Å². The van der Waals surface area contributed by atoms with E-state index in [-0.39, 0.29) is 17.3 Å². The molecule has 2 amide bonds. The summed E-state index contributed by atoms with van der Waals surface area (Å²) in [7, 11) is -4.03. The number of rotatable bonds is 13. The second-order valence-electron chi connectivity index (χ2n) is 8.70. The number of carbonyl (C=O) groups excluding carboxylic acids is 2. The molecular weight excluding hydrogens is 486 g/mol. The Morgan fingerprint density at radius 3 is 1.97 bits per heavy atom. The molecule has 0 saturated heterocycles. The van der Waals surface area contributed by atoms with Crippen molar-refractivity contribution in [3.05, 3.63) is 96.6 Å². The lowest BCUT2D eigenvalue weighted by molar-refractivity contribution is -0.139. The molecule has 0 aliphatic rings. The molecule has 37 heavy (non-hydrogen) atoms. The quantitative estimate of drug-likeness (QED) is 0.364. The Kier molecular flexibility index (Phi) is 10.3. The molecular formula is C29H35N3O4S. The Morgan fingerprint density at radius 2 is 1.41 bits per heavy atom. The Hall–Kier alpha value is -3.65. The van der Waals surface area contributed by atoms with Crippen LogP contribution in [0, 0.1) is 0 Å². The van der Waals surface area contributed by atoms with Crippen LogP contribution in [-0.2, 0) is 26.0 Å². The van der Waals surface area contributed by atoms with E-state index in [1.165, 1.54) is 17.0 Å². The summed E-state index contributed by atoms with van der Waals surface area (Å²) >= 11 is 0. The molecule has 0 radical (unpaired) electrons. The van der Waals surface area contributed by atoms with Crippen LogP contribution in [0.2, 0.25) is 0 Å². The van der Waals surface area contributed by atoms with Crippen LogP contribution < -0.4 is 9.62 Å². The highest BCUT2D eigenvalue weighted by atomic mass is 32.2. The van der Waals surface area contributed by atoms with Crippen molar-refractivity contribution in [1.29, 1.82) is 0 Å². The maximum atomic E-state index is 13.8. The SMILES string of the molecule is CCCNC(=O)[C@H](CC)N(CCc1ccccc1)C(=O)CN(c1ccccc1)S(=O)(=O)c1ccccc1. The lowest BCUT2D eigenvalue weighted by Gasteiger charge is -2.33. The summed E-state index contributed by atoms with van der Waals surface area (Å²) < 4.78 is 28.4. The number of nitrogens with zero attached hydrogens (tertiary/aromatic N) is 2. The Labute approximate surface area is 220 Å². The number of hydrogen-bond donors (Lipinski definition) is 1. The number of sulfonamides is 1. The molecule has 0 spiro atoms. The van der Waals surface area contributed by atoms with Gasteiger partial charge in [0.1, 0.15) is 12.6 Å². The standard InChI is InChI=1S/C29H35N3O4S/c1-3-21-30-29(34)27(4-2)31(22-20-24-14-8-5-9-15-24)28(33)23-32(25-16-10-6-11-17-25)37(35,36)26-18-12-7-13-19-26/h5-19,27H,3-4,20-23H2,1-2H3,(H,30,34)/t27-/m0/s1. The van der Waals surface area contributed by atoms with Crippen LogP contribution in [0.5, 0.6) is 0 Å². The van der Waals surface area contributed by atoms with Crippen molar-refractivity contribution >= 4 is 27.5 Å². The smallest absolute Gasteiger partial charge is 0.264 e. The molecule has 1 atom stereocenters. The largest absolute Gasteiger partial charge is 0.354 e. The summed E-state index contributed by atoms with van der Waals surface area (Å²) in [5, 5.41) is 2.89. The number of amides is 2. The van der Waals surface area contributed by atoms with E-state index in [0.29, 0.717) is 25.1 Å². The van der Waals surface area contributed by atoms with E-state index < -0.39 is 28.5 Å². The first-order valence-corrected chi connectivity index (χ1v) is 14.1. The predicted octanol–water partition coefficient (Wildman–Crippen LogP) is 4.26. The number of para-hydroxylation sites is 1. The molecule has 7 nitrogen and oxygen atoms in total. The molecule has 196 valence electrons. The number of hydrogen-bond acceptors (Lipinski definition) is 4. The van der Waals surface area contributed by atoms with E-state index >= 15 is 0 Å². The summed E-state index contributed by atoms with van der Waals surface area (Å²) in [4.78, 5) is 28.5. The third-order valence-electron chi connectivity index (χ3n) is 6.07. The van der Waals surface area contributed by atoms with Gasteiger partial charge < -0.3 is 10.2 Å². The zero-order valence-corrected chi connectivity index (χ0v) is 22.2. The first kappa shape index (κ1) is 27.9. The van der Waals surface area contributed by atoms with Gasteiger partial charge in [-0.3, -0.25) is 13.9 Å². The van der Waals surface area contributed by atoms with Crippen LogP contribution in [0.1, 0.15) is 32.3 Å². The lowest BCUT2D eigenvalue weighted by Crippen LogP contribution is -2.53. The summed E-state index contributed by atoms with van der Waals surface area (Å²) in [6.45, 7) is 4.19. The Bertz CT molecular complexity index is 1240. The molecule has 0 aliphatic heterocycles. The average Bonchev–Trinajstić information content (AvgIpc) is 2.94. The van der Waals surface area contributed by atoms with Crippen LogP contribution in [0.15, 0.2) is 95.9 Å². The minimum absolute atomic E-state index is 0.0928. The number of anilines is 1. The molecule has 3 aromatic carbocycles. The molecule has 8 heteroatoms. The third kappa shape index (κ3) is 7.43. The monoisotopic (exact) mass is 521 g/mol. The molecule has 0 bridgehead atoms. The summed E-state index contributed by atoms with van der Waals surface area (Å²) in [5.74, 6) is -0.666. The first-order chi connectivity index (χ1) is 17.9. The molecule has 0 fully saturated rings. The van der Waals surface area contributed by atoms with E-state index in [0.717, 1.165) is 16.3 Å². The molecule has 0 saturated carbocycles. The van der Waals surface area contributed by atoms with Crippen molar-refractivity contribution in [2.45, 2.75) is 44.0 Å². The fourth-order valence-corrected chi connectivity index (χ4v) is 5.54. The fourth-order valence-electron chi connectivity index (χ4n) is 4.10. The summed E-state index contributed by atoms with van der Waals surface area (Å²) in [6.07, 6.45) is 1.73. The maximum absolute atomic E-state index is 13.8. The summed E-state index contributed by atoms with van der Waals surface area (Å²) in [6, 6.07) is 25.6. The second-order valence-corrected chi connectivity index (χ2v) is 10.6. The van der Waals surface area contributed by atoms with Crippen molar-refractivity contribution in [1.82, 2.24) is 10.2 Å². The van der Waals surface area contributed by atoms with Gasteiger partial charge in [0.15, 0.2) is 0 Å². The van der Waals surface area contributed by atoms with E-state index in [2.05, 4.69) is 5.32 Å². The van der Waals surface area contributed by atoms with Crippen LogP contribution >= 0.6 is 0 Å². The van der Waals surface area contributed by atoms with E-state index in [1.54, 1.807) is 48.5 Å². The molecule has 0 heterocycles. The molecule has 3 aromatic rings. The molecule has 3 rings (SSSR count). The van der Waals surface area contributed by atoms with E-state index in [4.69, 9.17) is 0 Å². The van der Waals surface area contributed by atoms with Crippen LogP contribution in [0.4, 0.5) is 5.69 Å². The van der Waals surface area contributed by atoms with Crippen LogP contribution in [0.25, 0.3) is 0 Å². The van der Waals surface area contributed by atoms with Crippen molar-refractivity contribution in [2.24, 2.45) is 0 Å². The number of benzene rings is 3. The zero-order valence-electron chi connectivity index (χ0n) is 21.4. The predicted molar refractivity (Wildman–Crippen MR) is 147 cm³/mol. The Balaban J connectivity index is 1.95. The third-order valence-corrected chi connectivity index (χ3v) is 7.86. The highest BCUT2D eigenvalue weighted by Crippen LogP contribution is 2.24. The van der Waals surface area contributed by atoms with Gasteiger partial charge in [-0.15, -0.1) is 0 Å². The van der Waals surface area contributed by atoms with Gasteiger partial charge in [0.2, 0.25) is 11.8 Å². The van der Waals surface area contributed by atoms with Crippen LogP contribution in [-0.4, -0.2) is 50.8 Å². The normalized spacial score (nSPS) is 11.9. The second kappa shape index (κ2) is 13.6. The number of nitrogens with one attached hydrogen (secondary N) is 1. The van der Waals surface area contributed by atoms with Gasteiger partial charge in [-0.1, -0.05) is 80.6 Å². The van der Waals surface area contributed by atoms with Crippen molar-refractivity contribution < 1.29 is 18.0 Å². The van der Waals surface area contributed by atoms with Crippen molar-refractivity contribution in [3.63, 3.8) is 0 Å². The molecule has 0 aliphatic carbocycles. The van der Waals surface area contributed by atoms with Gasteiger partial charge in [-0.2, -0.15) is 0 Å². The van der Waals surface area contributed by atoms with Crippen molar-refractivity contribution in [3.8, 4) is 0 Å². The van der Waals surface area contributed by atoms with Gasteiger partial charge in [-0.05, 0) is 49.1 Å². The van der Waals surface area contributed by atoms with E-state index in [9.17, 15) is 18.0 Å². The minimum Gasteiger partial charge on any atom is -0.354 e. The maximum Gasteiger partial charge on any atom is 0.264 e. The zero-order chi connectivity index (χ0) is 26.7. The Morgan fingerprint density at radius 1 is 0.838 bits per heavy atom. The van der Waals surface area contributed by atoms with Gasteiger partial charge in [0.25, 0.3) is 10.0 Å². The van der Waals surface area contributed by atoms with Gasteiger partial charge >= 0.3 is 0 Å². The van der Waals surface area contributed by atoms with Crippen molar-refractivity contribution in [2.75, 3.05) is 23.9 Å². The van der Waals surface area contributed by atoms with E-state index in [1.807, 2.05) is 44.2 Å². The minimum atomic E-state index is -4.03. The average molecular weight is 522 g/mol.